The summed E-state index contributed by atoms with van der Waals surface area (Å²) in [4.78, 5) is 0. The van der Waals surface area contributed by atoms with E-state index in [-0.39, 0.29) is 6.10 Å². The van der Waals surface area contributed by atoms with Crippen molar-refractivity contribution < 1.29 is 9.47 Å². The molecule has 0 radical (unpaired) electrons. The summed E-state index contributed by atoms with van der Waals surface area (Å²) in [7, 11) is 0. The van der Waals surface area contributed by atoms with Gasteiger partial charge in [-0.1, -0.05) is 6.92 Å². The minimum atomic E-state index is 0.258. The van der Waals surface area contributed by atoms with Gasteiger partial charge in [-0.3, -0.25) is 4.68 Å². The molecule has 0 atom stereocenters. The first-order valence-electron chi connectivity index (χ1n) is 6.53. The van der Waals surface area contributed by atoms with E-state index >= 15 is 0 Å². The maximum absolute atomic E-state index is 5.64. The largest absolute Gasteiger partial charge is 0.376 e. The molecule has 1 rings (SSSR count). The topological polar surface area (TPSA) is 36.3 Å². The molecule has 0 aliphatic rings. The Morgan fingerprint density at radius 3 is 2.56 bits per heavy atom. The second-order valence-corrected chi connectivity index (χ2v) is 5.14. The van der Waals surface area contributed by atoms with E-state index in [1.54, 1.807) is 0 Å². The van der Waals surface area contributed by atoms with E-state index in [9.17, 15) is 0 Å². The summed E-state index contributed by atoms with van der Waals surface area (Å²) in [5.74, 6) is 0. The first-order chi connectivity index (χ1) is 8.60. The third kappa shape index (κ3) is 4.37. The standard InChI is InChI=1S/C13H23BrN2O2/c1-5-11-13(14)12(16(6-2)15-11)9-17-7-8-18-10(3)4/h10H,5-9H2,1-4H3. The van der Waals surface area contributed by atoms with Crippen LogP contribution in [-0.2, 0) is 29.0 Å². The molecule has 104 valence electrons. The van der Waals surface area contributed by atoms with Gasteiger partial charge in [0.05, 0.1) is 41.8 Å². The predicted molar refractivity (Wildman–Crippen MR) is 75.7 cm³/mol. The van der Waals surface area contributed by atoms with Gasteiger partial charge < -0.3 is 9.47 Å². The van der Waals surface area contributed by atoms with E-state index in [1.165, 1.54) is 0 Å². The predicted octanol–water partition coefficient (Wildman–Crippen LogP) is 3.17. The monoisotopic (exact) mass is 318 g/mol. The lowest BCUT2D eigenvalue weighted by atomic mass is 10.3. The Morgan fingerprint density at radius 2 is 2.00 bits per heavy atom. The second-order valence-electron chi connectivity index (χ2n) is 4.35. The average Bonchev–Trinajstić information content (AvgIpc) is 2.65. The summed E-state index contributed by atoms with van der Waals surface area (Å²) in [5, 5.41) is 4.53. The van der Waals surface area contributed by atoms with Crippen molar-refractivity contribution in [1.29, 1.82) is 0 Å². The summed E-state index contributed by atoms with van der Waals surface area (Å²) < 4.78 is 14.1. The van der Waals surface area contributed by atoms with Gasteiger partial charge in [-0.05, 0) is 43.1 Å². The lowest BCUT2D eigenvalue weighted by Crippen LogP contribution is -2.11. The van der Waals surface area contributed by atoms with Gasteiger partial charge in [0.15, 0.2) is 0 Å². The van der Waals surface area contributed by atoms with Gasteiger partial charge in [0, 0.05) is 6.54 Å². The molecule has 0 amide bonds. The Labute approximate surface area is 118 Å². The molecule has 0 saturated carbocycles. The van der Waals surface area contributed by atoms with Crippen LogP contribution >= 0.6 is 15.9 Å². The van der Waals surface area contributed by atoms with E-state index < -0.39 is 0 Å². The Morgan fingerprint density at radius 1 is 1.28 bits per heavy atom. The molecule has 4 nitrogen and oxygen atoms in total. The van der Waals surface area contributed by atoms with Crippen LogP contribution in [0.25, 0.3) is 0 Å². The fourth-order valence-electron chi connectivity index (χ4n) is 1.67. The molecule has 18 heavy (non-hydrogen) atoms. The van der Waals surface area contributed by atoms with E-state index in [2.05, 4.69) is 34.9 Å². The van der Waals surface area contributed by atoms with Crippen molar-refractivity contribution >= 4 is 15.9 Å². The number of halogens is 1. The van der Waals surface area contributed by atoms with Crippen molar-refractivity contribution in [2.45, 2.75) is 53.4 Å². The highest BCUT2D eigenvalue weighted by Crippen LogP contribution is 2.22. The normalized spacial score (nSPS) is 11.4. The first-order valence-corrected chi connectivity index (χ1v) is 7.32. The number of ether oxygens (including phenoxy) is 2. The summed E-state index contributed by atoms with van der Waals surface area (Å²) in [6.45, 7) is 10.9. The molecule has 0 aromatic carbocycles. The third-order valence-corrected chi connectivity index (χ3v) is 3.53. The van der Waals surface area contributed by atoms with Crippen molar-refractivity contribution in [1.82, 2.24) is 9.78 Å². The first kappa shape index (κ1) is 15.7. The molecule has 1 aromatic heterocycles. The van der Waals surface area contributed by atoms with Crippen molar-refractivity contribution in [2.75, 3.05) is 13.2 Å². The molecule has 5 heteroatoms. The summed E-state index contributed by atoms with van der Waals surface area (Å²) in [6, 6.07) is 0. The second kappa shape index (κ2) is 7.92. The highest BCUT2D eigenvalue weighted by molar-refractivity contribution is 9.10. The summed E-state index contributed by atoms with van der Waals surface area (Å²) in [5.41, 5.74) is 2.20. The third-order valence-electron chi connectivity index (χ3n) is 2.61. The fraction of sp³-hybridized carbons (Fsp3) is 0.769. The number of aryl methyl sites for hydroxylation is 2. The van der Waals surface area contributed by atoms with Crippen LogP contribution in [0.1, 0.15) is 39.1 Å². The van der Waals surface area contributed by atoms with E-state index in [4.69, 9.17) is 9.47 Å². The summed E-state index contributed by atoms with van der Waals surface area (Å²) >= 11 is 3.60. The van der Waals surface area contributed by atoms with Crippen LogP contribution in [0.2, 0.25) is 0 Å². The zero-order chi connectivity index (χ0) is 13.5. The number of hydrogen-bond acceptors (Lipinski definition) is 3. The zero-order valence-electron chi connectivity index (χ0n) is 11.7. The van der Waals surface area contributed by atoms with Crippen LogP contribution in [0.5, 0.6) is 0 Å². The van der Waals surface area contributed by atoms with Crippen molar-refractivity contribution in [3.05, 3.63) is 15.9 Å². The van der Waals surface area contributed by atoms with E-state index in [0.717, 1.165) is 28.8 Å². The van der Waals surface area contributed by atoms with E-state index in [0.29, 0.717) is 19.8 Å². The smallest absolute Gasteiger partial charge is 0.0897 e. The van der Waals surface area contributed by atoms with Gasteiger partial charge in [-0.2, -0.15) is 5.10 Å². The maximum atomic E-state index is 5.64. The molecular formula is C13H23BrN2O2. The molecular weight excluding hydrogens is 296 g/mol. The number of aromatic nitrogens is 2. The average molecular weight is 319 g/mol. The highest BCUT2D eigenvalue weighted by Gasteiger charge is 2.13. The van der Waals surface area contributed by atoms with Crippen LogP contribution in [0.15, 0.2) is 4.47 Å². The molecule has 0 N–H and O–H groups in total. The molecule has 0 fully saturated rings. The Bertz CT molecular complexity index is 364. The molecule has 0 aliphatic heterocycles. The Hall–Kier alpha value is -0.390. The van der Waals surface area contributed by atoms with E-state index in [1.807, 2.05) is 18.5 Å². The molecule has 0 bridgehead atoms. The lowest BCUT2D eigenvalue weighted by molar-refractivity contribution is 0.0126. The molecule has 0 aliphatic carbocycles. The fourth-order valence-corrected chi connectivity index (χ4v) is 2.35. The Kier molecular flexibility index (Phi) is 6.89. The van der Waals surface area contributed by atoms with Crippen LogP contribution in [0, 0.1) is 0 Å². The van der Waals surface area contributed by atoms with Crippen LogP contribution in [0.3, 0.4) is 0 Å². The maximum Gasteiger partial charge on any atom is 0.0897 e. The zero-order valence-corrected chi connectivity index (χ0v) is 13.3. The molecule has 1 aromatic rings. The number of hydrogen-bond donors (Lipinski definition) is 0. The molecule has 0 saturated heterocycles. The van der Waals surface area contributed by atoms with Gasteiger partial charge in [0.1, 0.15) is 0 Å². The van der Waals surface area contributed by atoms with Gasteiger partial charge in [-0.25, -0.2) is 0 Å². The minimum Gasteiger partial charge on any atom is -0.376 e. The van der Waals surface area contributed by atoms with Crippen molar-refractivity contribution in [3.63, 3.8) is 0 Å². The van der Waals surface area contributed by atoms with Gasteiger partial charge >= 0.3 is 0 Å². The minimum absolute atomic E-state index is 0.258. The van der Waals surface area contributed by atoms with Crippen molar-refractivity contribution in [2.24, 2.45) is 0 Å². The molecule has 1 heterocycles. The SMILES string of the molecule is CCc1nn(CC)c(COCCOC(C)C)c1Br. The molecule has 0 spiro atoms. The number of nitrogens with zero attached hydrogens (tertiary/aromatic N) is 2. The van der Waals surface area contributed by atoms with Crippen LogP contribution in [0.4, 0.5) is 0 Å². The van der Waals surface area contributed by atoms with Crippen LogP contribution in [-0.4, -0.2) is 29.1 Å². The summed E-state index contributed by atoms with van der Waals surface area (Å²) in [6.07, 6.45) is 1.19. The van der Waals surface area contributed by atoms with Crippen molar-refractivity contribution in [3.8, 4) is 0 Å². The van der Waals surface area contributed by atoms with Crippen LogP contribution < -0.4 is 0 Å². The number of rotatable bonds is 8. The molecule has 0 unspecified atom stereocenters. The quantitative estimate of drug-likeness (QED) is 0.691. The van der Waals surface area contributed by atoms with Gasteiger partial charge in [0.25, 0.3) is 0 Å². The van der Waals surface area contributed by atoms with Gasteiger partial charge in [0.2, 0.25) is 0 Å². The lowest BCUT2D eigenvalue weighted by Gasteiger charge is -2.09. The highest BCUT2D eigenvalue weighted by atomic mass is 79.9. The Balaban J connectivity index is 2.48. The van der Waals surface area contributed by atoms with Gasteiger partial charge in [-0.15, -0.1) is 0 Å².